The third-order valence-corrected chi connectivity index (χ3v) is 5.26. The number of para-hydroxylation sites is 1. The van der Waals surface area contributed by atoms with E-state index in [2.05, 4.69) is 10.3 Å². The van der Waals surface area contributed by atoms with Crippen LogP contribution in [-0.2, 0) is 11.3 Å². The van der Waals surface area contributed by atoms with Crippen LogP contribution in [0.3, 0.4) is 0 Å². The molecular formula is C21H17N3O2S. The molecule has 5 nitrogen and oxygen atoms in total. The van der Waals surface area contributed by atoms with Crippen molar-refractivity contribution >= 4 is 33.1 Å². The van der Waals surface area contributed by atoms with Crippen molar-refractivity contribution in [3.63, 3.8) is 0 Å². The summed E-state index contributed by atoms with van der Waals surface area (Å²) >= 11 is 1.43. The number of amides is 1. The first kappa shape index (κ1) is 17.2. The molecule has 134 valence electrons. The highest BCUT2D eigenvalue weighted by molar-refractivity contribution is 7.17. The largest absolute Gasteiger partial charge is 0.324 e. The van der Waals surface area contributed by atoms with Gasteiger partial charge in [0, 0.05) is 16.6 Å². The molecule has 0 atom stereocenters. The number of rotatable bonds is 4. The molecule has 0 radical (unpaired) electrons. The van der Waals surface area contributed by atoms with Crippen molar-refractivity contribution in [2.24, 2.45) is 0 Å². The number of nitrogens with one attached hydrogen (secondary N) is 1. The number of fused-ring (bicyclic) bond motifs is 1. The number of anilines is 1. The number of aromatic nitrogens is 2. The minimum Gasteiger partial charge on any atom is -0.324 e. The van der Waals surface area contributed by atoms with E-state index in [1.165, 1.54) is 22.2 Å². The highest BCUT2D eigenvalue weighted by Crippen LogP contribution is 2.30. The van der Waals surface area contributed by atoms with Crippen LogP contribution in [0.5, 0.6) is 0 Å². The Hall–Kier alpha value is -3.25. The summed E-state index contributed by atoms with van der Waals surface area (Å²) in [4.78, 5) is 30.5. The summed E-state index contributed by atoms with van der Waals surface area (Å²) in [6, 6.07) is 17.3. The van der Waals surface area contributed by atoms with Crippen molar-refractivity contribution < 1.29 is 4.79 Å². The Bertz CT molecular complexity index is 1180. The van der Waals surface area contributed by atoms with Gasteiger partial charge >= 0.3 is 0 Å². The summed E-state index contributed by atoms with van der Waals surface area (Å²) in [6.07, 6.45) is 1.44. The van der Waals surface area contributed by atoms with E-state index in [1.54, 1.807) is 0 Å². The first-order valence-corrected chi connectivity index (χ1v) is 9.39. The number of hydrogen-bond donors (Lipinski definition) is 1. The Labute approximate surface area is 159 Å². The number of thiophene rings is 1. The smallest absolute Gasteiger partial charge is 0.263 e. The van der Waals surface area contributed by atoms with Gasteiger partial charge in [-0.3, -0.25) is 14.2 Å². The summed E-state index contributed by atoms with van der Waals surface area (Å²) in [5.74, 6) is -0.260. The molecule has 0 aliphatic rings. The summed E-state index contributed by atoms with van der Waals surface area (Å²) in [5.41, 5.74) is 3.31. The monoisotopic (exact) mass is 375 g/mol. The normalized spacial score (nSPS) is 10.9. The van der Waals surface area contributed by atoms with E-state index >= 15 is 0 Å². The molecule has 2 aromatic carbocycles. The summed E-state index contributed by atoms with van der Waals surface area (Å²) in [7, 11) is 0. The van der Waals surface area contributed by atoms with E-state index in [-0.39, 0.29) is 18.0 Å². The predicted octanol–water partition coefficient (Wildman–Crippen LogP) is 4.07. The molecule has 0 fully saturated rings. The molecule has 1 amide bonds. The molecule has 0 aliphatic carbocycles. The highest BCUT2D eigenvalue weighted by Gasteiger charge is 2.14. The van der Waals surface area contributed by atoms with E-state index in [9.17, 15) is 9.59 Å². The second kappa shape index (κ2) is 7.17. The first-order chi connectivity index (χ1) is 13.1. The van der Waals surface area contributed by atoms with Crippen molar-refractivity contribution in [3.05, 3.63) is 82.2 Å². The fourth-order valence-corrected chi connectivity index (χ4v) is 3.87. The lowest BCUT2D eigenvalue weighted by atomic mass is 10.1. The van der Waals surface area contributed by atoms with Gasteiger partial charge in [-0.25, -0.2) is 4.98 Å². The van der Waals surface area contributed by atoms with Gasteiger partial charge in [-0.2, -0.15) is 0 Å². The zero-order valence-corrected chi connectivity index (χ0v) is 15.5. The lowest BCUT2D eigenvalue weighted by molar-refractivity contribution is -0.116. The molecule has 27 heavy (non-hydrogen) atoms. The maximum Gasteiger partial charge on any atom is 0.263 e. The van der Waals surface area contributed by atoms with Crippen LogP contribution >= 0.6 is 11.3 Å². The molecule has 0 aliphatic heterocycles. The van der Waals surface area contributed by atoms with Crippen LogP contribution in [-0.4, -0.2) is 15.5 Å². The third kappa shape index (κ3) is 3.39. The average molecular weight is 375 g/mol. The van der Waals surface area contributed by atoms with Crippen molar-refractivity contribution in [1.29, 1.82) is 0 Å². The molecule has 1 N–H and O–H groups in total. The quantitative estimate of drug-likeness (QED) is 0.585. The SMILES string of the molecule is Cc1ccccc1NC(=O)Cn1cnc2scc(-c3ccccc3)c2c1=O. The topological polar surface area (TPSA) is 64.0 Å². The number of nitrogens with zero attached hydrogens (tertiary/aromatic N) is 2. The maximum atomic E-state index is 13.0. The van der Waals surface area contributed by atoms with Crippen molar-refractivity contribution in [3.8, 4) is 11.1 Å². The second-order valence-corrected chi connectivity index (χ2v) is 7.09. The summed E-state index contributed by atoms with van der Waals surface area (Å²) in [6.45, 7) is 1.84. The number of hydrogen-bond acceptors (Lipinski definition) is 4. The molecule has 4 aromatic rings. The van der Waals surface area contributed by atoms with Gasteiger partial charge in [-0.05, 0) is 24.1 Å². The van der Waals surface area contributed by atoms with Crippen LogP contribution in [0.4, 0.5) is 5.69 Å². The minimum absolute atomic E-state index is 0.0832. The van der Waals surface area contributed by atoms with Crippen LogP contribution < -0.4 is 10.9 Å². The average Bonchev–Trinajstić information content (AvgIpc) is 3.11. The van der Waals surface area contributed by atoms with Crippen LogP contribution in [0.15, 0.2) is 71.1 Å². The fraction of sp³-hybridized carbons (Fsp3) is 0.0952. The molecule has 0 bridgehead atoms. The molecule has 0 saturated carbocycles. The van der Waals surface area contributed by atoms with Crippen LogP contribution in [0.25, 0.3) is 21.3 Å². The molecule has 0 saturated heterocycles. The molecule has 4 rings (SSSR count). The standard InChI is InChI=1S/C21H17N3O2S/c1-14-7-5-6-10-17(14)23-18(25)11-24-13-22-20-19(21(24)26)16(12-27-20)15-8-3-2-4-9-15/h2-10,12-13H,11H2,1H3,(H,23,25). The van der Waals surface area contributed by atoms with Gasteiger partial charge in [-0.1, -0.05) is 48.5 Å². The second-order valence-electron chi connectivity index (χ2n) is 6.24. The molecule has 0 spiro atoms. The maximum absolute atomic E-state index is 13.0. The first-order valence-electron chi connectivity index (χ1n) is 8.51. The fourth-order valence-electron chi connectivity index (χ4n) is 2.97. The lowest BCUT2D eigenvalue weighted by Crippen LogP contribution is -2.28. The van der Waals surface area contributed by atoms with E-state index in [1.807, 2.05) is 66.9 Å². The Kier molecular flexibility index (Phi) is 4.56. The zero-order valence-electron chi connectivity index (χ0n) is 14.7. The summed E-state index contributed by atoms with van der Waals surface area (Å²) in [5, 5.41) is 5.34. The number of benzene rings is 2. The van der Waals surface area contributed by atoms with E-state index < -0.39 is 0 Å². The Balaban J connectivity index is 1.67. The van der Waals surface area contributed by atoms with Crippen molar-refractivity contribution in [2.45, 2.75) is 13.5 Å². The Morgan fingerprint density at radius 3 is 2.63 bits per heavy atom. The minimum atomic E-state index is -0.260. The Morgan fingerprint density at radius 1 is 1.11 bits per heavy atom. The molecule has 0 unspecified atom stereocenters. The molecule has 2 aromatic heterocycles. The van der Waals surface area contributed by atoms with Crippen molar-refractivity contribution in [2.75, 3.05) is 5.32 Å². The van der Waals surface area contributed by atoms with Gasteiger partial charge in [-0.15, -0.1) is 11.3 Å². The Morgan fingerprint density at radius 2 is 1.85 bits per heavy atom. The van der Waals surface area contributed by atoms with Gasteiger partial charge in [0.1, 0.15) is 11.4 Å². The molecule has 6 heteroatoms. The zero-order chi connectivity index (χ0) is 18.8. The predicted molar refractivity (Wildman–Crippen MR) is 109 cm³/mol. The third-order valence-electron chi connectivity index (χ3n) is 4.38. The van der Waals surface area contributed by atoms with Gasteiger partial charge < -0.3 is 5.32 Å². The van der Waals surface area contributed by atoms with Crippen LogP contribution in [0, 0.1) is 6.92 Å². The number of carbonyl (C=O) groups is 1. The van der Waals surface area contributed by atoms with E-state index in [0.29, 0.717) is 10.2 Å². The van der Waals surface area contributed by atoms with Crippen LogP contribution in [0.1, 0.15) is 5.56 Å². The molecule has 2 heterocycles. The summed E-state index contributed by atoms with van der Waals surface area (Å²) < 4.78 is 1.36. The van der Waals surface area contributed by atoms with Gasteiger partial charge in [0.15, 0.2) is 0 Å². The lowest BCUT2D eigenvalue weighted by Gasteiger charge is -2.09. The molecular weight excluding hydrogens is 358 g/mol. The van der Waals surface area contributed by atoms with Crippen molar-refractivity contribution in [1.82, 2.24) is 9.55 Å². The van der Waals surface area contributed by atoms with E-state index in [4.69, 9.17) is 0 Å². The van der Waals surface area contributed by atoms with E-state index in [0.717, 1.165) is 22.4 Å². The highest BCUT2D eigenvalue weighted by atomic mass is 32.1. The van der Waals surface area contributed by atoms with Gasteiger partial charge in [0.05, 0.1) is 11.7 Å². The van der Waals surface area contributed by atoms with Crippen LogP contribution in [0.2, 0.25) is 0 Å². The number of carbonyl (C=O) groups excluding carboxylic acids is 1. The van der Waals surface area contributed by atoms with Gasteiger partial charge in [0.2, 0.25) is 5.91 Å². The van der Waals surface area contributed by atoms with Gasteiger partial charge in [0.25, 0.3) is 5.56 Å². The number of aryl methyl sites for hydroxylation is 1.